The minimum absolute atomic E-state index is 0.0319. The maximum Gasteiger partial charge on any atom is 0.309 e. The zero-order valence-corrected chi connectivity index (χ0v) is 31.5. The van der Waals surface area contributed by atoms with Crippen LogP contribution in [-0.4, -0.2) is 49.9 Å². The van der Waals surface area contributed by atoms with Crippen LogP contribution in [0.1, 0.15) is 137 Å². The number of carboxylic acid groups (broad SMARTS) is 1. The van der Waals surface area contributed by atoms with Crippen molar-refractivity contribution in [1.82, 2.24) is 14.9 Å². The Morgan fingerprint density at radius 3 is 2.31 bits per heavy atom. The molecule has 5 aliphatic carbocycles. The Hall–Kier alpha value is -2.97. The molecule has 49 heavy (non-hydrogen) atoms. The second-order valence-corrected chi connectivity index (χ2v) is 18.9. The van der Waals surface area contributed by atoms with E-state index in [2.05, 4.69) is 58.8 Å². The van der Waals surface area contributed by atoms with Crippen LogP contribution < -0.4 is 5.32 Å². The standard InChI is InChI=1S/C40H59N3O6/c1-23(2)31-26(44)19-40(42-33(46)25-21-43(10)22-41-25)18-17-38(8)24(32(31)40)11-12-28-37(7)15-14-29(49-30(45)20-35(3,4)34(47)48)36(5,6)27(37)13-16-39(28,38)9/h21-24,27-29H,11-20H2,1-10H3,(H,42,46)(H,47,48)/t24-,27+,28-,29+,37+,38-,39-,40-/m1/s1. The molecule has 6 rings (SSSR count). The molecule has 0 spiro atoms. The summed E-state index contributed by atoms with van der Waals surface area (Å²) in [4.78, 5) is 56.6. The van der Waals surface area contributed by atoms with Gasteiger partial charge >= 0.3 is 11.9 Å². The highest BCUT2D eigenvalue weighted by Gasteiger charge is 2.70. The van der Waals surface area contributed by atoms with Gasteiger partial charge < -0.3 is 19.7 Å². The molecule has 0 saturated heterocycles. The van der Waals surface area contributed by atoms with Crippen molar-refractivity contribution < 1.29 is 29.0 Å². The lowest BCUT2D eigenvalue weighted by Crippen LogP contribution is -2.67. The van der Waals surface area contributed by atoms with Gasteiger partial charge in [-0.2, -0.15) is 0 Å². The number of amides is 1. The number of carbonyl (C=O) groups excluding carboxylic acids is 3. The Bertz CT molecular complexity index is 1600. The first-order valence-corrected chi connectivity index (χ1v) is 18.6. The smallest absolute Gasteiger partial charge is 0.309 e. The molecule has 0 bridgehead atoms. The molecule has 270 valence electrons. The Morgan fingerprint density at radius 1 is 1.00 bits per heavy atom. The third-order valence-electron chi connectivity index (χ3n) is 15.1. The number of esters is 1. The third-order valence-corrected chi connectivity index (χ3v) is 15.1. The number of aryl methyl sites for hydroxylation is 1. The predicted molar refractivity (Wildman–Crippen MR) is 186 cm³/mol. The first kappa shape index (κ1) is 35.8. The van der Waals surface area contributed by atoms with Crippen LogP contribution in [0, 0.1) is 50.7 Å². The molecule has 4 fully saturated rings. The van der Waals surface area contributed by atoms with Crippen LogP contribution in [0.4, 0.5) is 0 Å². The molecule has 2 N–H and O–H groups in total. The fourth-order valence-electron chi connectivity index (χ4n) is 12.4. The van der Waals surface area contributed by atoms with Crippen molar-refractivity contribution in [2.45, 2.75) is 138 Å². The summed E-state index contributed by atoms with van der Waals surface area (Å²) in [6.45, 7) is 19.4. The lowest BCUT2D eigenvalue weighted by Gasteiger charge is -2.72. The number of hydrogen-bond acceptors (Lipinski definition) is 6. The van der Waals surface area contributed by atoms with Gasteiger partial charge in [0.1, 0.15) is 11.8 Å². The third kappa shape index (κ3) is 5.25. The quantitative estimate of drug-likeness (QED) is 0.290. The first-order chi connectivity index (χ1) is 22.6. The summed E-state index contributed by atoms with van der Waals surface area (Å²) in [7, 11) is 1.85. The van der Waals surface area contributed by atoms with Crippen LogP contribution in [0.3, 0.4) is 0 Å². The van der Waals surface area contributed by atoms with E-state index in [0.29, 0.717) is 24.0 Å². The van der Waals surface area contributed by atoms with E-state index in [-0.39, 0.29) is 57.7 Å². The van der Waals surface area contributed by atoms with Crippen molar-refractivity contribution in [2.75, 3.05) is 0 Å². The fraction of sp³-hybridized carbons (Fsp3) is 0.775. The fourth-order valence-corrected chi connectivity index (χ4v) is 12.4. The van der Waals surface area contributed by atoms with Crippen LogP contribution in [-0.2, 0) is 26.2 Å². The van der Waals surface area contributed by atoms with Crippen molar-refractivity contribution >= 4 is 23.6 Å². The van der Waals surface area contributed by atoms with Gasteiger partial charge in [0.05, 0.1) is 23.7 Å². The lowest BCUT2D eigenvalue weighted by molar-refractivity contribution is -0.232. The molecule has 4 saturated carbocycles. The van der Waals surface area contributed by atoms with Gasteiger partial charge in [0, 0.05) is 25.1 Å². The minimum Gasteiger partial charge on any atom is -0.481 e. The van der Waals surface area contributed by atoms with E-state index >= 15 is 0 Å². The second kappa shape index (κ2) is 11.5. The molecule has 1 aromatic heterocycles. The van der Waals surface area contributed by atoms with Gasteiger partial charge in [-0.3, -0.25) is 19.2 Å². The Morgan fingerprint density at radius 2 is 1.69 bits per heavy atom. The van der Waals surface area contributed by atoms with E-state index in [0.717, 1.165) is 56.9 Å². The average Bonchev–Trinajstić information content (AvgIpc) is 3.55. The number of fused-ring (bicyclic) bond motifs is 7. The Kier molecular flexibility index (Phi) is 8.43. The van der Waals surface area contributed by atoms with Crippen molar-refractivity contribution in [2.24, 2.45) is 57.8 Å². The van der Waals surface area contributed by atoms with E-state index in [1.54, 1.807) is 30.9 Å². The number of ketones is 1. The molecule has 0 aromatic carbocycles. The van der Waals surface area contributed by atoms with Crippen LogP contribution in [0.2, 0.25) is 0 Å². The zero-order valence-electron chi connectivity index (χ0n) is 31.5. The number of hydrogen-bond donors (Lipinski definition) is 2. The molecule has 9 heteroatoms. The topological polar surface area (TPSA) is 128 Å². The highest BCUT2D eigenvalue weighted by atomic mass is 16.5. The first-order valence-electron chi connectivity index (χ1n) is 18.6. The van der Waals surface area contributed by atoms with E-state index in [1.807, 2.05) is 7.05 Å². The summed E-state index contributed by atoms with van der Waals surface area (Å²) >= 11 is 0. The molecule has 1 amide bonds. The van der Waals surface area contributed by atoms with Crippen LogP contribution in [0.5, 0.6) is 0 Å². The summed E-state index contributed by atoms with van der Waals surface area (Å²) < 4.78 is 7.92. The molecule has 8 atom stereocenters. The van der Waals surface area contributed by atoms with Crippen molar-refractivity contribution in [3.8, 4) is 0 Å². The van der Waals surface area contributed by atoms with Gasteiger partial charge in [0.25, 0.3) is 5.91 Å². The van der Waals surface area contributed by atoms with Crippen LogP contribution >= 0.6 is 0 Å². The van der Waals surface area contributed by atoms with Gasteiger partial charge in [-0.1, -0.05) is 48.5 Å². The predicted octanol–water partition coefficient (Wildman–Crippen LogP) is 7.30. The van der Waals surface area contributed by atoms with Gasteiger partial charge in [-0.25, -0.2) is 4.98 Å². The van der Waals surface area contributed by atoms with E-state index < -0.39 is 22.9 Å². The molecule has 9 nitrogen and oxygen atoms in total. The second-order valence-electron chi connectivity index (χ2n) is 18.9. The summed E-state index contributed by atoms with van der Waals surface area (Å²) in [5, 5.41) is 13.0. The number of nitrogens with zero attached hydrogens (tertiary/aromatic N) is 2. The average molecular weight is 678 g/mol. The number of allylic oxidation sites excluding steroid dienone is 1. The number of carbonyl (C=O) groups is 4. The molecule has 0 unspecified atom stereocenters. The Labute approximate surface area is 292 Å². The van der Waals surface area contributed by atoms with Gasteiger partial charge in [-0.05, 0) is 116 Å². The number of Topliss-reactive ketones (excluding diaryl/α,β-unsaturated/α-hetero) is 1. The van der Waals surface area contributed by atoms with Crippen LogP contribution in [0.15, 0.2) is 23.7 Å². The summed E-state index contributed by atoms with van der Waals surface area (Å²) in [5.41, 5.74) is 0.479. The molecule has 1 aromatic rings. The van der Waals surface area contributed by atoms with Crippen molar-refractivity contribution in [1.29, 1.82) is 0 Å². The molecule has 0 radical (unpaired) electrons. The lowest BCUT2D eigenvalue weighted by atomic mass is 9.33. The molecular formula is C40H59N3O6. The number of rotatable bonds is 7. The number of carboxylic acids is 1. The van der Waals surface area contributed by atoms with E-state index in [9.17, 15) is 24.3 Å². The maximum absolute atomic E-state index is 13.9. The summed E-state index contributed by atoms with van der Waals surface area (Å²) in [6.07, 6.45) is 10.9. The SMILES string of the molecule is CC(C)C1=C2[C@H]3CC[C@@H]4[C@@]5(C)CC[C@H](OC(=O)CC(C)(C)C(=O)O)C(C)(C)[C@@H]5CC[C@@]4(C)[C@]3(C)CC[C@@]2(NC(=O)c2cn(C)cn2)CC1=O. The molecular weight excluding hydrogens is 618 g/mol. The number of nitrogens with one attached hydrogen (secondary N) is 1. The normalized spacial score (nSPS) is 38.3. The van der Waals surface area contributed by atoms with E-state index in [1.165, 1.54) is 5.57 Å². The number of ether oxygens (including phenoxy) is 1. The minimum atomic E-state index is -1.17. The number of aliphatic carboxylic acids is 1. The highest BCUT2D eigenvalue weighted by Crippen LogP contribution is 2.76. The highest BCUT2D eigenvalue weighted by molar-refractivity contribution is 6.03. The van der Waals surface area contributed by atoms with Crippen molar-refractivity contribution in [3.05, 3.63) is 29.4 Å². The van der Waals surface area contributed by atoms with Gasteiger partial charge in [0.2, 0.25) is 0 Å². The largest absolute Gasteiger partial charge is 0.481 e. The van der Waals surface area contributed by atoms with Gasteiger partial charge in [-0.15, -0.1) is 0 Å². The van der Waals surface area contributed by atoms with Gasteiger partial charge in [0.15, 0.2) is 5.78 Å². The maximum atomic E-state index is 13.9. The van der Waals surface area contributed by atoms with Crippen molar-refractivity contribution in [3.63, 3.8) is 0 Å². The number of imidazole rings is 1. The molecule has 0 aliphatic heterocycles. The molecule has 1 heterocycles. The van der Waals surface area contributed by atoms with Crippen LogP contribution in [0.25, 0.3) is 0 Å². The zero-order chi connectivity index (χ0) is 36.1. The number of aromatic nitrogens is 2. The monoisotopic (exact) mass is 677 g/mol. The summed E-state index contributed by atoms with van der Waals surface area (Å²) in [6, 6.07) is 0. The summed E-state index contributed by atoms with van der Waals surface area (Å²) in [5.74, 6) is -0.337. The molecule has 5 aliphatic rings. The van der Waals surface area contributed by atoms with E-state index in [4.69, 9.17) is 4.74 Å². The Balaban J connectivity index is 1.30.